The second kappa shape index (κ2) is 8.09. The van der Waals surface area contributed by atoms with Crippen molar-refractivity contribution in [1.82, 2.24) is 0 Å². The second-order valence-electron chi connectivity index (χ2n) is 5.47. The quantitative estimate of drug-likeness (QED) is 0.516. The minimum atomic E-state index is -3.32. The number of aryl methyl sites for hydroxylation is 1. The Morgan fingerprint density at radius 3 is 2.29 bits per heavy atom. The Hall–Kier alpha value is -0.670. The molecule has 1 aromatic rings. The first kappa shape index (κ1) is 16.7. The van der Waals surface area contributed by atoms with Gasteiger partial charge in [0.25, 0.3) is 0 Å². The summed E-state index contributed by atoms with van der Waals surface area (Å²) >= 11 is 0. The third-order valence-electron chi connectivity index (χ3n) is 4.11. The summed E-state index contributed by atoms with van der Waals surface area (Å²) in [4.78, 5) is 0. The molecule has 0 N–H and O–H groups in total. The number of hydrogen-bond donors (Lipinski definition) is 0. The van der Waals surface area contributed by atoms with Crippen LogP contribution >= 0.6 is 7.82 Å². The number of rotatable bonds is 8. The number of hydrogen-bond acceptors (Lipinski definition) is 4. The molecule has 0 bridgehead atoms. The maximum absolute atomic E-state index is 11.7. The Morgan fingerprint density at radius 2 is 1.71 bits per heavy atom. The van der Waals surface area contributed by atoms with Gasteiger partial charge in [0.2, 0.25) is 0 Å². The van der Waals surface area contributed by atoms with E-state index in [1.54, 1.807) is 0 Å². The molecule has 0 radical (unpaired) electrons. The van der Waals surface area contributed by atoms with E-state index in [-0.39, 0.29) is 0 Å². The maximum atomic E-state index is 11.7. The second-order valence-corrected chi connectivity index (χ2v) is 7.36. The average Bonchev–Trinajstić information content (AvgIpc) is 3.06. The monoisotopic (exact) mass is 312 g/mol. The summed E-state index contributed by atoms with van der Waals surface area (Å²) in [5.41, 5.74) is 2.75. The molecule has 0 spiro atoms. The third-order valence-corrected chi connectivity index (χ3v) is 5.51. The first-order valence-corrected chi connectivity index (χ1v) is 9.08. The fourth-order valence-corrected chi connectivity index (χ4v) is 3.56. The van der Waals surface area contributed by atoms with Crippen LogP contribution in [0.2, 0.25) is 0 Å². The van der Waals surface area contributed by atoms with Gasteiger partial charge in [0.1, 0.15) is 0 Å². The Kier molecular flexibility index (Phi) is 6.43. The van der Waals surface area contributed by atoms with Gasteiger partial charge in [-0.1, -0.05) is 37.1 Å². The van der Waals surface area contributed by atoms with Crippen molar-refractivity contribution in [1.29, 1.82) is 0 Å². The van der Waals surface area contributed by atoms with Crippen LogP contribution in [0.25, 0.3) is 0 Å². The van der Waals surface area contributed by atoms with Crippen LogP contribution in [0.5, 0.6) is 0 Å². The van der Waals surface area contributed by atoms with E-state index in [1.165, 1.54) is 51.0 Å². The Bertz CT molecular complexity index is 458. The van der Waals surface area contributed by atoms with Gasteiger partial charge in [-0.2, -0.15) is 0 Å². The summed E-state index contributed by atoms with van der Waals surface area (Å²) in [5, 5.41) is 0. The summed E-state index contributed by atoms with van der Waals surface area (Å²) in [6.07, 6.45) is 7.08. The number of benzene rings is 1. The van der Waals surface area contributed by atoms with Gasteiger partial charge in [-0.05, 0) is 42.7 Å². The fourth-order valence-electron chi connectivity index (χ4n) is 2.85. The minimum Gasteiger partial charge on any atom is -0.290 e. The largest absolute Gasteiger partial charge is 0.474 e. The topological polar surface area (TPSA) is 44.8 Å². The molecule has 0 saturated heterocycles. The van der Waals surface area contributed by atoms with E-state index in [4.69, 9.17) is 13.6 Å². The van der Waals surface area contributed by atoms with E-state index in [0.29, 0.717) is 6.61 Å². The number of phosphoric acid groups is 1. The highest BCUT2D eigenvalue weighted by Gasteiger charge is 2.21. The lowest BCUT2D eigenvalue weighted by atomic mass is 9.96. The standard InChI is InChI=1S/C16H25O4P/c1-18-21(17,19-2)20-13-5-6-14-9-11-16(12-10-14)15-7-3-4-8-15/h9-12,15H,3-8,13H2,1-2H3. The van der Waals surface area contributed by atoms with Crippen molar-refractivity contribution in [2.45, 2.75) is 44.4 Å². The highest BCUT2D eigenvalue weighted by Crippen LogP contribution is 2.47. The average molecular weight is 312 g/mol. The molecule has 0 atom stereocenters. The molecule has 21 heavy (non-hydrogen) atoms. The van der Waals surface area contributed by atoms with Crippen molar-refractivity contribution in [3.63, 3.8) is 0 Å². The molecule has 1 aliphatic rings. The minimum absolute atomic E-state index is 0.364. The van der Waals surface area contributed by atoms with E-state index in [0.717, 1.165) is 18.8 Å². The molecule has 0 unspecified atom stereocenters. The molecule has 5 heteroatoms. The number of phosphoric ester groups is 1. The zero-order valence-corrected chi connectivity index (χ0v) is 13.8. The maximum Gasteiger partial charge on any atom is 0.474 e. The first-order chi connectivity index (χ1) is 10.2. The van der Waals surface area contributed by atoms with E-state index in [1.807, 2.05) is 0 Å². The van der Waals surface area contributed by atoms with Gasteiger partial charge in [-0.3, -0.25) is 13.6 Å². The SMILES string of the molecule is COP(=O)(OC)OCCCc1ccc(C2CCCC2)cc1. The predicted molar refractivity (Wildman–Crippen MR) is 83.5 cm³/mol. The zero-order chi connectivity index (χ0) is 15.1. The van der Waals surface area contributed by atoms with Gasteiger partial charge >= 0.3 is 7.82 Å². The Balaban J connectivity index is 1.75. The summed E-state index contributed by atoms with van der Waals surface area (Å²) in [6, 6.07) is 8.89. The molecular formula is C16H25O4P. The normalized spacial score (nSPS) is 16.5. The van der Waals surface area contributed by atoms with Gasteiger partial charge in [0.15, 0.2) is 0 Å². The van der Waals surface area contributed by atoms with Crippen molar-refractivity contribution < 1.29 is 18.1 Å². The van der Waals surface area contributed by atoms with Gasteiger partial charge in [-0.15, -0.1) is 0 Å². The summed E-state index contributed by atoms with van der Waals surface area (Å²) < 4.78 is 26.3. The molecule has 2 rings (SSSR count). The molecule has 0 aliphatic heterocycles. The highest BCUT2D eigenvalue weighted by molar-refractivity contribution is 7.48. The fraction of sp³-hybridized carbons (Fsp3) is 0.625. The summed E-state index contributed by atoms with van der Waals surface area (Å²) in [6.45, 7) is 0.364. The molecule has 0 heterocycles. The van der Waals surface area contributed by atoms with Crippen LogP contribution in [0.4, 0.5) is 0 Å². The lowest BCUT2D eigenvalue weighted by molar-refractivity contribution is 0.151. The lowest BCUT2D eigenvalue weighted by Gasteiger charge is -2.13. The molecule has 4 nitrogen and oxygen atoms in total. The van der Waals surface area contributed by atoms with Crippen LogP contribution in [0.15, 0.2) is 24.3 Å². The lowest BCUT2D eigenvalue weighted by Crippen LogP contribution is -1.99. The summed E-state index contributed by atoms with van der Waals surface area (Å²) in [5.74, 6) is 0.761. The van der Waals surface area contributed by atoms with Crippen molar-refractivity contribution >= 4 is 7.82 Å². The van der Waals surface area contributed by atoms with Crippen LogP contribution in [0, 0.1) is 0 Å². The Labute approximate surface area is 127 Å². The van der Waals surface area contributed by atoms with Gasteiger partial charge in [-0.25, -0.2) is 4.57 Å². The zero-order valence-electron chi connectivity index (χ0n) is 12.9. The van der Waals surface area contributed by atoms with Crippen LogP contribution < -0.4 is 0 Å². The Morgan fingerprint density at radius 1 is 1.10 bits per heavy atom. The first-order valence-electron chi connectivity index (χ1n) is 7.62. The van der Waals surface area contributed by atoms with Crippen LogP contribution in [-0.4, -0.2) is 20.8 Å². The van der Waals surface area contributed by atoms with E-state index in [2.05, 4.69) is 24.3 Å². The van der Waals surface area contributed by atoms with Crippen molar-refractivity contribution in [3.8, 4) is 0 Å². The molecule has 1 aliphatic carbocycles. The van der Waals surface area contributed by atoms with E-state index < -0.39 is 7.82 Å². The van der Waals surface area contributed by atoms with Crippen LogP contribution in [-0.2, 0) is 24.6 Å². The van der Waals surface area contributed by atoms with Gasteiger partial charge in [0, 0.05) is 14.2 Å². The van der Waals surface area contributed by atoms with Gasteiger partial charge < -0.3 is 0 Å². The smallest absolute Gasteiger partial charge is 0.290 e. The molecular weight excluding hydrogens is 287 g/mol. The molecule has 1 fully saturated rings. The molecule has 1 saturated carbocycles. The summed E-state index contributed by atoms with van der Waals surface area (Å²) in [7, 11) is -0.674. The van der Waals surface area contributed by atoms with Crippen LogP contribution in [0.3, 0.4) is 0 Å². The van der Waals surface area contributed by atoms with E-state index in [9.17, 15) is 4.57 Å². The van der Waals surface area contributed by atoms with Crippen molar-refractivity contribution in [2.24, 2.45) is 0 Å². The van der Waals surface area contributed by atoms with Crippen LogP contribution in [0.1, 0.15) is 49.1 Å². The van der Waals surface area contributed by atoms with Crippen molar-refractivity contribution in [3.05, 3.63) is 35.4 Å². The molecule has 0 aromatic heterocycles. The molecule has 0 amide bonds. The highest BCUT2D eigenvalue weighted by atomic mass is 31.2. The molecule has 1 aromatic carbocycles. The van der Waals surface area contributed by atoms with E-state index >= 15 is 0 Å². The van der Waals surface area contributed by atoms with Gasteiger partial charge in [0.05, 0.1) is 6.61 Å². The predicted octanol–water partition coefficient (Wildman–Crippen LogP) is 4.69. The van der Waals surface area contributed by atoms with Crippen molar-refractivity contribution in [2.75, 3.05) is 20.8 Å². The third kappa shape index (κ3) is 4.93. The molecule has 118 valence electrons.